The number of hydrogen-bond acceptors (Lipinski definition) is 3. The van der Waals surface area contributed by atoms with Crippen LogP contribution >= 0.6 is 24.0 Å². The summed E-state index contributed by atoms with van der Waals surface area (Å²) in [6.07, 6.45) is 7.87. The number of nitrogens with one attached hydrogen (secondary N) is 1. The molecule has 0 amide bonds. The number of aliphatic imine (C=N–C) groups is 1. The lowest BCUT2D eigenvalue weighted by Crippen LogP contribution is -2.40. The fourth-order valence-electron chi connectivity index (χ4n) is 2.68. The van der Waals surface area contributed by atoms with Crippen LogP contribution < -0.4 is 5.32 Å². The minimum absolute atomic E-state index is 0. The van der Waals surface area contributed by atoms with Crippen LogP contribution in [0.5, 0.6) is 0 Å². The SMILES string of the molecule is CCNC(=NCCCn1ccnc1)N1CCC(COC)C1.I. The van der Waals surface area contributed by atoms with Crippen molar-refractivity contribution < 1.29 is 4.74 Å². The van der Waals surface area contributed by atoms with Crippen molar-refractivity contribution in [3.05, 3.63) is 18.7 Å². The van der Waals surface area contributed by atoms with E-state index in [1.165, 1.54) is 6.42 Å². The monoisotopic (exact) mass is 421 g/mol. The molecule has 0 saturated carbocycles. The molecule has 1 unspecified atom stereocenters. The molecule has 1 N–H and O–H groups in total. The van der Waals surface area contributed by atoms with E-state index in [2.05, 4.69) is 26.7 Å². The van der Waals surface area contributed by atoms with Gasteiger partial charge in [-0.1, -0.05) is 0 Å². The lowest BCUT2D eigenvalue weighted by Gasteiger charge is -2.21. The van der Waals surface area contributed by atoms with Crippen LogP contribution in [0.4, 0.5) is 0 Å². The Kier molecular flexibility index (Phi) is 9.45. The predicted octanol–water partition coefficient (Wildman–Crippen LogP) is 1.82. The average Bonchev–Trinajstić information content (AvgIpc) is 3.14. The van der Waals surface area contributed by atoms with Crippen LogP contribution in [-0.4, -0.2) is 60.3 Å². The molecule has 0 radical (unpaired) electrons. The minimum atomic E-state index is 0. The zero-order chi connectivity index (χ0) is 14.9. The summed E-state index contributed by atoms with van der Waals surface area (Å²) in [5.41, 5.74) is 0. The predicted molar refractivity (Wildman–Crippen MR) is 99.8 cm³/mol. The summed E-state index contributed by atoms with van der Waals surface area (Å²) >= 11 is 0. The number of hydrogen-bond donors (Lipinski definition) is 1. The van der Waals surface area contributed by atoms with Gasteiger partial charge < -0.3 is 19.5 Å². The Bertz CT molecular complexity index is 424. The number of aromatic nitrogens is 2. The zero-order valence-electron chi connectivity index (χ0n) is 13.6. The van der Waals surface area contributed by atoms with Gasteiger partial charge in [0.1, 0.15) is 0 Å². The van der Waals surface area contributed by atoms with Gasteiger partial charge in [0.15, 0.2) is 5.96 Å². The molecule has 7 heteroatoms. The second-order valence-corrected chi connectivity index (χ2v) is 5.45. The van der Waals surface area contributed by atoms with Crippen LogP contribution in [0.15, 0.2) is 23.7 Å². The lowest BCUT2D eigenvalue weighted by atomic mass is 10.1. The van der Waals surface area contributed by atoms with Crippen LogP contribution in [0.1, 0.15) is 19.8 Å². The lowest BCUT2D eigenvalue weighted by molar-refractivity contribution is 0.157. The van der Waals surface area contributed by atoms with Gasteiger partial charge in [0.2, 0.25) is 0 Å². The Morgan fingerprint density at radius 2 is 2.36 bits per heavy atom. The van der Waals surface area contributed by atoms with Gasteiger partial charge in [-0.2, -0.15) is 0 Å². The molecule has 126 valence electrons. The van der Waals surface area contributed by atoms with Crippen molar-refractivity contribution in [2.75, 3.05) is 39.9 Å². The van der Waals surface area contributed by atoms with Gasteiger partial charge in [0.25, 0.3) is 0 Å². The molecule has 0 spiro atoms. The first-order chi connectivity index (χ1) is 10.3. The Morgan fingerprint density at radius 1 is 1.50 bits per heavy atom. The van der Waals surface area contributed by atoms with E-state index >= 15 is 0 Å². The summed E-state index contributed by atoms with van der Waals surface area (Å²) < 4.78 is 7.35. The highest BCUT2D eigenvalue weighted by Crippen LogP contribution is 2.16. The van der Waals surface area contributed by atoms with Crippen LogP contribution in [0.2, 0.25) is 0 Å². The van der Waals surface area contributed by atoms with Gasteiger partial charge in [-0.05, 0) is 19.8 Å². The molecule has 1 aromatic rings. The van der Waals surface area contributed by atoms with Crippen LogP contribution in [0.25, 0.3) is 0 Å². The molecule has 0 aliphatic carbocycles. The molecule has 1 aromatic heterocycles. The second kappa shape index (κ2) is 10.8. The number of aryl methyl sites for hydroxylation is 1. The second-order valence-electron chi connectivity index (χ2n) is 5.45. The smallest absolute Gasteiger partial charge is 0.193 e. The zero-order valence-corrected chi connectivity index (χ0v) is 15.9. The summed E-state index contributed by atoms with van der Waals surface area (Å²) in [6, 6.07) is 0. The van der Waals surface area contributed by atoms with Crippen molar-refractivity contribution in [1.82, 2.24) is 19.8 Å². The number of rotatable bonds is 7. The molecule has 1 aliphatic heterocycles. The van der Waals surface area contributed by atoms with Crippen molar-refractivity contribution in [2.45, 2.75) is 26.3 Å². The maximum atomic E-state index is 5.26. The molecule has 0 aromatic carbocycles. The first-order valence-electron chi connectivity index (χ1n) is 7.81. The van der Waals surface area contributed by atoms with E-state index < -0.39 is 0 Å². The topological polar surface area (TPSA) is 54.7 Å². The van der Waals surface area contributed by atoms with E-state index in [1.54, 1.807) is 7.11 Å². The molecule has 0 bridgehead atoms. The van der Waals surface area contributed by atoms with Crippen molar-refractivity contribution in [2.24, 2.45) is 10.9 Å². The van der Waals surface area contributed by atoms with Gasteiger partial charge in [-0.25, -0.2) is 4.98 Å². The Morgan fingerprint density at radius 3 is 3.05 bits per heavy atom. The fraction of sp³-hybridized carbons (Fsp3) is 0.733. The molecular formula is C15H28IN5O. The summed E-state index contributed by atoms with van der Waals surface area (Å²) in [6.45, 7) is 7.79. The Balaban J connectivity index is 0.00000242. The van der Waals surface area contributed by atoms with Crippen molar-refractivity contribution >= 4 is 29.9 Å². The van der Waals surface area contributed by atoms with Gasteiger partial charge in [0, 0.05) is 58.1 Å². The summed E-state index contributed by atoms with van der Waals surface area (Å²) in [5, 5.41) is 3.40. The highest BCUT2D eigenvalue weighted by atomic mass is 127. The average molecular weight is 421 g/mol. The minimum Gasteiger partial charge on any atom is -0.384 e. The molecule has 1 fully saturated rings. The molecule has 1 atom stereocenters. The van der Waals surface area contributed by atoms with Crippen molar-refractivity contribution in [1.29, 1.82) is 0 Å². The summed E-state index contributed by atoms with van der Waals surface area (Å²) in [5.74, 6) is 1.67. The third kappa shape index (κ3) is 6.12. The third-order valence-corrected chi connectivity index (χ3v) is 3.72. The summed E-state index contributed by atoms with van der Waals surface area (Å²) in [4.78, 5) is 11.1. The van der Waals surface area contributed by atoms with Crippen LogP contribution in [-0.2, 0) is 11.3 Å². The van der Waals surface area contributed by atoms with E-state index in [9.17, 15) is 0 Å². The molecule has 1 saturated heterocycles. The van der Waals surface area contributed by atoms with Crippen LogP contribution in [0, 0.1) is 5.92 Å². The van der Waals surface area contributed by atoms with Gasteiger partial charge in [0.05, 0.1) is 12.9 Å². The van der Waals surface area contributed by atoms with Gasteiger partial charge >= 0.3 is 0 Å². The summed E-state index contributed by atoms with van der Waals surface area (Å²) in [7, 11) is 1.78. The maximum absolute atomic E-state index is 5.26. The van der Waals surface area contributed by atoms with E-state index in [0.29, 0.717) is 5.92 Å². The quantitative estimate of drug-likeness (QED) is 0.316. The molecular weight excluding hydrogens is 393 g/mol. The Hall–Kier alpha value is -0.830. The largest absolute Gasteiger partial charge is 0.384 e. The number of likely N-dealkylation sites (tertiary alicyclic amines) is 1. The first-order valence-corrected chi connectivity index (χ1v) is 7.81. The van der Waals surface area contributed by atoms with E-state index in [-0.39, 0.29) is 24.0 Å². The molecule has 2 rings (SSSR count). The van der Waals surface area contributed by atoms with Gasteiger partial charge in [-0.15, -0.1) is 24.0 Å². The fourth-order valence-corrected chi connectivity index (χ4v) is 2.68. The number of nitrogens with zero attached hydrogens (tertiary/aromatic N) is 4. The first kappa shape index (κ1) is 19.2. The molecule has 22 heavy (non-hydrogen) atoms. The highest BCUT2D eigenvalue weighted by Gasteiger charge is 2.24. The highest BCUT2D eigenvalue weighted by molar-refractivity contribution is 14.0. The number of ether oxygens (including phenoxy) is 1. The van der Waals surface area contributed by atoms with Gasteiger partial charge in [-0.3, -0.25) is 4.99 Å². The van der Waals surface area contributed by atoms with Crippen molar-refractivity contribution in [3.63, 3.8) is 0 Å². The Labute approximate surface area is 150 Å². The number of imidazole rings is 1. The number of guanidine groups is 1. The van der Waals surface area contributed by atoms with E-state index in [1.807, 2.05) is 18.7 Å². The van der Waals surface area contributed by atoms with Crippen LogP contribution in [0.3, 0.4) is 0 Å². The number of methoxy groups -OCH3 is 1. The van der Waals surface area contributed by atoms with Crippen molar-refractivity contribution in [3.8, 4) is 0 Å². The molecule has 6 nitrogen and oxygen atoms in total. The maximum Gasteiger partial charge on any atom is 0.193 e. The standard InChI is InChI=1S/C15H27N5O.HI/c1-3-17-15(20-9-5-14(11-20)12-21-2)18-6-4-8-19-10-7-16-13-19;/h7,10,13-14H,3-6,8-9,11-12H2,1-2H3,(H,17,18);1H. The van der Waals surface area contributed by atoms with E-state index in [4.69, 9.17) is 9.73 Å². The third-order valence-electron chi connectivity index (χ3n) is 3.72. The van der Waals surface area contributed by atoms with E-state index in [0.717, 1.165) is 51.7 Å². The number of halogens is 1. The normalized spacial score (nSPS) is 18.4. The molecule has 1 aliphatic rings. The molecule has 2 heterocycles.